The lowest BCUT2D eigenvalue weighted by atomic mass is 9.81. The van der Waals surface area contributed by atoms with Gasteiger partial charge in [0.1, 0.15) is 0 Å². The van der Waals surface area contributed by atoms with Gasteiger partial charge >= 0.3 is 0 Å². The smallest absolute Gasteiger partial charge is 0.228 e. The first-order valence-corrected chi connectivity index (χ1v) is 9.06. The summed E-state index contributed by atoms with van der Waals surface area (Å²) in [6.07, 6.45) is 4.94. The molecule has 134 valence electrons. The van der Waals surface area contributed by atoms with Gasteiger partial charge in [-0.2, -0.15) is 0 Å². The molecule has 0 saturated heterocycles. The van der Waals surface area contributed by atoms with Crippen molar-refractivity contribution in [1.29, 1.82) is 0 Å². The monoisotopic (exact) mass is 388 g/mol. The summed E-state index contributed by atoms with van der Waals surface area (Å²) in [5.41, 5.74) is 1.32. The SMILES string of the molecule is O=C(Nc1ccc(Cl)cc1)[C@H]1CC=CC[C@H]1C(=O)Nc1ccc(Cl)cc1. The molecule has 2 aromatic carbocycles. The first-order valence-electron chi connectivity index (χ1n) is 8.31. The van der Waals surface area contributed by atoms with Gasteiger partial charge in [-0.15, -0.1) is 0 Å². The fraction of sp³-hybridized carbons (Fsp3) is 0.200. The van der Waals surface area contributed by atoms with Crippen LogP contribution in [-0.2, 0) is 9.59 Å². The van der Waals surface area contributed by atoms with E-state index in [1.807, 2.05) is 12.2 Å². The first-order chi connectivity index (χ1) is 12.5. The number of benzene rings is 2. The van der Waals surface area contributed by atoms with Crippen molar-refractivity contribution < 1.29 is 9.59 Å². The normalized spacial score (nSPS) is 19.0. The van der Waals surface area contributed by atoms with Crippen LogP contribution in [0, 0.1) is 11.8 Å². The average Bonchev–Trinajstić information content (AvgIpc) is 2.65. The summed E-state index contributed by atoms with van der Waals surface area (Å²) in [7, 11) is 0. The average molecular weight is 389 g/mol. The third-order valence-electron chi connectivity index (χ3n) is 4.33. The van der Waals surface area contributed by atoms with Crippen LogP contribution in [0.3, 0.4) is 0 Å². The molecule has 2 N–H and O–H groups in total. The van der Waals surface area contributed by atoms with E-state index in [1.54, 1.807) is 48.5 Å². The van der Waals surface area contributed by atoms with Crippen LogP contribution in [0.1, 0.15) is 12.8 Å². The highest BCUT2D eigenvalue weighted by Gasteiger charge is 2.34. The third-order valence-corrected chi connectivity index (χ3v) is 4.83. The lowest BCUT2D eigenvalue weighted by Crippen LogP contribution is -2.37. The van der Waals surface area contributed by atoms with E-state index in [2.05, 4.69) is 10.6 Å². The van der Waals surface area contributed by atoms with Crippen LogP contribution in [0.15, 0.2) is 60.7 Å². The lowest BCUT2D eigenvalue weighted by molar-refractivity contribution is -0.129. The summed E-state index contributed by atoms with van der Waals surface area (Å²) in [6.45, 7) is 0. The molecule has 3 rings (SSSR count). The number of nitrogens with one attached hydrogen (secondary N) is 2. The maximum absolute atomic E-state index is 12.7. The highest BCUT2D eigenvalue weighted by molar-refractivity contribution is 6.31. The highest BCUT2D eigenvalue weighted by atomic mass is 35.5. The summed E-state index contributed by atoms with van der Waals surface area (Å²) >= 11 is 11.7. The van der Waals surface area contributed by atoms with Gasteiger partial charge in [0.2, 0.25) is 11.8 Å². The van der Waals surface area contributed by atoms with Crippen molar-refractivity contribution in [2.24, 2.45) is 11.8 Å². The van der Waals surface area contributed by atoms with E-state index in [1.165, 1.54) is 0 Å². The number of hydrogen-bond donors (Lipinski definition) is 2. The van der Waals surface area contributed by atoms with Gasteiger partial charge in [-0.1, -0.05) is 35.4 Å². The Kier molecular flexibility index (Phi) is 5.96. The molecule has 0 radical (unpaired) electrons. The Morgan fingerprint density at radius 2 is 1.04 bits per heavy atom. The molecule has 4 nitrogen and oxygen atoms in total. The summed E-state index contributed by atoms with van der Waals surface area (Å²) < 4.78 is 0. The Morgan fingerprint density at radius 1 is 0.692 bits per heavy atom. The number of halogens is 2. The highest BCUT2D eigenvalue weighted by Crippen LogP contribution is 2.29. The molecule has 0 heterocycles. The molecule has 0 fully saturated rings. The molecular weight excluding hydrogens is 371 g/mol. The molecule has 0 aliphatic heterocycles. The quantitative estimate of drug-likeness (QED) is 0.711. The number of carbonyl (C=O) groups is 2. The predicted molar refractivity (Wildman–Crippen MR) is 106 cm³/mol. The van der Waals surface area contributed by atoms with Gasteiger partial charge in [0.05, 0.1) is 11.8 Å². The lowest BCUT2D eigenvalue weighted by Gasteiger charge is -2.26. The second-order valence-corrected chi connectivity index (χ2v) is 7.02. The van der Waals surface area contributed by atoms with Crippen LogP contribution in [0.2, 0.25) is 10.0 Å². The molecule has 0 bridgehead atoms. The molecule has 0 saturated carbocycles. The van der Waals surface area contributed by atoms with Crippen molar-refractivity contribution in [2.45, 2.75) is 12.8 Å². The second kappa shape index (κ2) is 8.39. The van der Waals surface area contributed by atoms with Crippen LogP contribution in [0.4, 0.5) is 11.4 Å². The number of anilines is 2. The topological polar surface area (TPSA) is 58.2 Å². The zero-order valence-corrected chi connectivity index (χ0v) is 15.4. The number of hydrogen-bond acceptors (Lipinski definition) is 2. The Bertz CT molecular complexity index is 747. The third kappa shape index (κ3) is 4.65. The zero-order valence-electron chi connectivity index (χ0n) is 13.9. The molecule has 0 unspecified atom stereocenters. The zero-order chi connectivity index (χ0) is 18.5. The largest absolute Gasteiger partial charge is 0.326 e. The van der Waals surface area contributed by atoms with Crippen molar-refractivity contribution in [2.75, 3.05) is 10.6 Å². The Labute approximate surface area is 162 Å². The van der Waals surface area contributed by atoms with Crippen LogP contribution < -0.4 is 10.6 Å². The maximum Gasteiger partial charge on any atom is 0.228 e. The Morgan fingerprint density at radius 3 is 1.38 bits per heavy atom. The molecular formula is C20H18Cl2N2O2. The molecule has 2 atom stereocenters. The fourth-order valence-electron chi connectivity index (χ4n) is 2.93. The van der Waals surface area contributed by atoms with Crippen molar-refractivity contribution in [3.8, 4) is 0 Å². The van der Waals surface area contributed by atoms with E-state index in [4.69, 9.17) is 23.2 Å². The van der Waals surface area contributed by atoms with Gasteiger partial charge in [-0.3, -0.25) is 9.59 Å². The van der Waals surface area contributed by atoms with Gasteiger partial charge in [-0.05, 0) is 61.4 Å². The molecule has 1 aliphatic rings. The fourth-order valence-corrected chi connectivity index (χ4v) is 3.18. The molecule has 26 heavy (non-hydrogen) atoms. The molecule has 0 spiro atoms. The van der Waals surface area contributed by atoms with Crippen molar-refractivity contribution in [3.63, 3.8) is 0 Å². The maximum atomic E-state index is 12.7. The van der Waals surface area contributed by atoms with Crippen molar-refractivity contribution in [3.05, 3.63) is 70.7 Å². The Balaban J connectivity index is 1.69. The van der Waals surface area contributed by atoms with Crippen LogP contribution in [-0.4, -0.2) is 11.8 Å². The van der Waals surface area contributed by atoms with E-state index >= 15 is 0 Å². The van der Waals surface area contributed by atoms with E-state index in [0.717, 1.165) is 0 Å². The van der Waals surface area contributed by atoms with E-state index < -0.39 is 11.8 Å². The summed E-state index contributed by atoms with van der Waals surface area (Å²) in [4.78, 5) is 25.4. The van der Waals surface area contributed by atoms with Crippen LogP contribution in [0.25, 0.3) is 0 Å². The number of allylic oxidation sites excluding steroid dienone is 2. The molecule has 2 aromatic rings. The van der Waals surface area contributed by atoms with Gasteiger partial charge < -0.3 is 10.6 Å². The molecule has 1 aliphatic carbocycles. The van der Waals surface area contributed by atoms with Crippen LogP contribution in [0.5, 0.6) is 0 Å². The minimum Gasteiger partial charge on any atom is -0.326 e. The standard InChI is InChI=1S/C20H18Cl2N2O2/c21-13-5-9-15(10-6-13)23-19(25)17-3-1-2-4-18(17)20(26)24-16-11-7-14(22)8-12-16/h1-2,5-12,17-18H,3-4H2,(H,23,25)(H,24,26)/t17-,18+. The molecule has 2 amide bonds. The van der Waals surface area contributed by atoms with Gasteiger partial charge in [0, 0.05) is 21.4 Å². The summed E-state index contributed by atoms with van der Waals surface area (Å²) in [5, 5.41) is 6.93. The number of rotatable bonds is 4. The number of carbonyl (C=O) groups excluding carboxylic acids is 2. The first kappa shape index (κ1) is 18.5. The van der Waals surface area contributed by atoms with Crippen molar-refractivity contribution in [1.82, 2.24) is 0 Å². The predicted octanol–water partition coefficient (Wildman–Crippen LogP) is 5.15. The minimum atomic E-state index is -0.428. The summed E-state index contributed by atoms with van der Waals surface area (Å²) in [6, 6.07) is 13.8. The Hall–Kier alpha value is -2.30. The van der Waals surface area contributed by atoms with E-state index in [-0.39, 0.29) is 11.8 Å². The molecule has 0 aromatic heterocycles. The van der Waals surface area contributed by atoms with Gasteiger partial charge in [0.15, 0.2) is 0 Å². The minimum absolute atomic E-state index is 0.173. The molecule has 6 heteroatoms. The van der Waals surface area contributed by atoms with Gasteiger partial charge in [0.25, 0.3) is 0 Å². The van der Waals surface area contributed by atoms with E-state index in [9.17, 15) is 9.59 Å². The van der Waals surface area contributed by atoms with Gasteiger partial charge in [-0.25, -0.2) is 0 Å². The number of amides is 2. The van der Waals surface area contributed by atoms with Crippen LogP contribution >= 0.6 is 23.2 Å². The second-order valence-electron chi connectivity index (χ2n) is 6.15. The van der Waals surface area contributed by atoms with E-state index in [0.29, 0.717) is 34.3 Å². The summed E-state index contributed by atoms with van der Waals surface area (Å²) in [5.74, 6) is -1.20. The van der Waals surface area contributed by atoms with Crippen molar-refractivity contribution >= 4 is 46.4 Å².